The van der Waals surface area contributed by atoms with Crippen molar-refractivity contribution in [1.82, 2.24) is 4.98 Å². The fourth-order valence-electron chi connectivity index (χ4n) is 1.60. The minimum atomic E-state index is -0.354. The maximum atomic E-state index is 12.1. The van der Waals surface area contributed by atoms with E-state index in [-0.39, 0.29) is 11.1 Å². The second-order valence-corrected chi connectivity index (χ2v) is 4.77. The number of pyridine rings is 1. The Balaban J connectivity index is 2.31. The Labute approximate surface area is 120 Å². The highest BCUT2D eigenvalue weighted by Gasteiger charge is 2.13. The molecular weight excluding hydrogens is 285 g/mol. The monoisotopic (exact) mass is 295 g/mol. The van der Waals surface area contributed by atoms with Crippen LogP contribution in [0.3, 0.4) is 0 Å². The smallest absolute Gasteiger partial charge is 0.257 e. The van der Waals surface area contributed by atoms with Gasteiger partial charge in [-0.1, -0.05) is 23.2 Å². The Morgan fingerprint density at radius 1 is 1.32 bits per heavy atom. The second kappa shape index (κ2) is 5.47. The molecule has 0 saturated heterocycles. The molecule has 0 saturated carbocycles. The lowest BCUT2D eigenvalue weighted by atomic mass is 10.1. The quantitative estimate of drug-likeness (QED) is 0.658. The number of nitrogens with two attached hydrogens (primary N) is 1. The van der Waals surface area contributed by atoms with Crippen molar-refractivity contribution < 1.29 is 4.79 Å². The number of carbonyl (C=O) groups excluding carboxylic acids is 1. The van der Waals surface area contributed by atoms with E-state index >= 15 is 0 Å². The minimum Gasteiger partial charge on any atom is -0.398 e. The molecule has 0 atom stereocenters. The van der Waals surface area contributed by atoms with Gasteiger partial charge in [-0.3, -0.25) is 4.79 Å². The van der Waals surface area contributed by atoms with Gasteiger partial charge in [0.25, 0.3) is 5.91 Å². The topological polar surface area (TPSA) is 68.0 Å². The SMILES string of the molecule is Cc1ccnc(Cl)c1NC(=O)c1ccc(Cl)cc1N. The molecule has 1 heterocycles. The van der Waals surface area contributed by atoms with Gasteiger partial charge in [-0.05, 0) is 36.8 Å². The summed E-state index contributed by atoms with van der Waals surface area (Å²) < 4.78 is 0. The molecule has 19 heavy (non-hydrogen) atoms. The Bertz CT molecular complexity index is 624. The van der Waals surface area contributed by atoms with E-state index in [1.165, 1.54) is 6.07 Å². The van der Waals surface area contributed by atoms with Crippen LogP contribution in [0.2, 0.25) is 10.2 Å². The summed E-state index contributed by atoms with van der Waals surface area (Å²) in [7, 11) is 0. The van der Waals surface area contributed by atoms with E-state index in [2.05, 4.69) is 10.3 Å². The van der Waals surface area contributed by atoms with E-state index in [0.717, 1.165) is 5.56 Å². The standard InChI is InChI=1S/C13H11Cl2N3O/c1-7-4-5-17-12(15)11(7)18-13(19)9-3-2-8(14)6-10(9)16/h2-6H,16H2,1H3,(H,18,19). The van der Waals surface area contributed by atoms with Gasteiger partial charge >= 0.3 is 0 Å². The van der Waals surface area contributed by atoms with E-state index < -0.39 is 0 Å². The van der Waals surface area contributed by atoms with Crippen LogP contribution in [-0.4, -0.2) is 10.9 Å². The van der Waals surface area contributed by atoms with Crippen LogP contribution in [-0.2, 0) is 0 Å². The van der Waals surface area contributed by atoms with Crippen molar-refractivity contribution in [2.45, 2.75) is 6.92 Å². The van der Waals surface area contributed by atoms with Crippen LogP contribution in [0.15, 0.2) is 30.5 Å². The molecule has 0 aliphatic carbocycles. The van der Waals surface area contributed by atoms with Gasteiger partial charge in [-0.15, -0.1) is 0 Å². The third-order valence-electron chi connectivity index (χ3n) is 2.61. The van der Waals surface area contributed by atoms with Crippen LogP contribution in [0.5, 0.6) is 0 Å². The summed E-state index contributed by atoms with van der Waals surface area (Å²) in [6.07, 6.45) is 1.57. The van der Waals surface area contributed by atoms with Crippen molar-refractivity contribution in [1.29, 1.82) is 0 Å². The second-order valence-electron chi connectivity index (χ2n) is 3.98. The van der Waals surface area contributed by atoms with Crippen molar-refractivity contribution in [3.8, 4) is 0 Å². The van der Waals surface area contributed by atoms with Gasteiger partial charge < -0.3 is 11.1 Å². The zero-order chi connectivity index (χ0) is 14.0. The number of rotatable bonds is 2. The minimum absolute atomic E-state index is 0.237. The maximum Gasteiger partial charge on any atom is 0.257 e. The number of nitrogens with one attached hydrogen (secondary N) is 1. The lowest BCUT2D eigenvalue weighted by molar-refractivity contribution is 0.102. The van der Waals surface area contributed by atoms with E-state index in [9.17, 15) is 4.79 Å². The largest absolute Gasteiger partial charge is 0.398 e. The number of nitrogens with zero attached hydrogens (tertiary/aromatic N) is 1. The number of anilines is 2. The molecule has 3 N–H and O–H groups in total. The van der Waals surface area contributed by atoms with Crippen LogP contribution < -0.4 is 11.1 Å². The molecule has 2 rings (SSSR count). The normalized spacial score (nSPS) is 10.3. The number of hydrogen-bond donors (Lipinski definition) is 2. The van der Waals surface area contributed by atoms with Gasteiger partial charge in [0.15, 0.2) is 5.15 Å². The molecule has 6 heteroatoms. The number of benzene rings is 1. The van der Waals surface area contributed by atoms with E-state index in [0.29, 0.717) is 22.0 Å². The first kappa shape index (κ1) is 13.6. The van der Waals surface area contributed by atoms with Gasteiger partial charge in [0.1, 0.15) is 0 Å². The number of aryl methyl sites for hydroxylation is 1. The summed E-state index contributed by atoms with van der Waals surface area (Å²) >= 11 is 11.7. The molecule has 0 spiro atoms. The number of hydrogen-bond acceptors (Lipinski definition) is 3. The average molecular weight is 296 g/mol. The van der Waals surface area contributed by atoms with Crippen LogP contribution in [0.4, 0.5) is 11.4 Å². The summed E-state index contributed by atoms with van der Waals surface area (Å²) in [4.78, 5) is 16.1. The van der Waals surface area contributed by atoms with Gasteiger partial charge in [-0.2, -0.15) is 0 Å². The number of halogens is 2. The van der Waals surface area contributed by atoms with Crippen molar-refractivity contribution in [3.63, 3.8) is 0 Å². The third-order valence-corrected chi connectivity index (χ3v) is 3.13. The molecule has 1 aromatic heterocycles. The third kappa shape index (κ3) is 2.97. The molecule has 1 amide bonds. The molecule has 0 aliphatic heterocycles. The van der Waals surface area contributed by atoms with Crippen LogP contribution in [0, 0.1) is 6.92 Å². The lowest BCUT2D eigenvalue weighted by Gasteiger charge is -2.10. The highest BCUT2D eigenvalue weighted by Crippen LogP contribution is 2.25. The predicted molar refractivity (Wildman–Crippen MR) is 77.8 cm³/mol. The molecule has 0 aliphatic rings. The first-order valence-electron chi connectivity index (χ1n) is 5.46. The molecule has 0 unspecified atom stereocenters. The fourth-order valence-corrected chi connectivity index (χ4v) is 2.03. The zero-order valence-corrected chi connectivity index (χ0v) is 11.6. The summed E-state index contributed by atoms with van der Waals surface area (Å²) in [5, 5.41) is 3.41. The highest BCUT2D eigenvalue weighted by atomic mass is 35.5. The molecule has 4 nitrogen and oxygen atoms in total. The average Bonchev–Trinajstić information content (AvgIpc) is 2.33. The van der Waals surface area contributed by atoms with E-state index in [1.807, 2.05) is 6.92 Å². The van der Waals surface area contributed by atoms with Gasteiger partial charge in [0.2, 0.25) is 0 Å². The van der Waals surface area contributed by atoms with Crippen molar-refractivity contribution in [2.75, 3.05) is 11.1 Å². The predicted octanol–water partition coefficient (Wildman–Crippen LogP) is 3.53. The number of nitrogen functional groups attached to an aromatic ring is 1. The van der Waals surface area contributed by atoms with Crippen molar-refractivity contribution in [2.24, 2.45) is 0 Å². The fraction of sp³-hybridized carbons (Fsp3) is 0.0769. The van der Waals surface area contributed by atoms with Crippen LogP contribution >= 0.6 is 23.2 Å². The first-order chi connectivity index (χ1) is 8.99. The van der Waals surface area contributed by atoms with Gasteiger partial charge in [0, 0.05) is 16.9 Å². The summed E-state index contributed by atoms with van der Waals surface area (Å²) in [5.41, 5.74) is 7.70. The molecule has 1 aromatic carbocycles. The Hall–Kier alpha value is -1.78. The van der Waals surface area contributed by atoms with Crippen LogP contribution in [0.1, 0.15) is 15.9 Å². The number of aromatic nitrogens is 1. The summed E-state index contributed by atoms with van der Waals surface area (Å²) in [6.45, 7) is 1.83. The van der Waals surface area contributed by atoms with Gasteiger partial charge in [0.05, 0.1) is 11.3 Å². The van der Waals surface area contributed by atoms with E-state index in [1.54, 1.807) is 24.4 Å². The van der Waals surface area contributed by atoms with Crippen molar-refractivity contribution >= 4 is 40.5 Å². The summed E-state index contributed by atoms with van der Waals surface area (Å²) in [6, 6.07) is 6.44. The maximum absolute atomic E-state index is 12.1. The lowest BCUT2D eigenvalue weighted by Crippen LogP contribution is -2.15. The molecule has 2 aromatic rings. The van der Waals surface area contributed by atoms with Crippen LogP contribution in [0.25, 0.3) is 0 Å². The number of amides is 1. The van der Waals surface area contributed by atoms with Crippen molar-refractivity contribution in [3.05, 3.63) is 51.8 Å². The highest BCUT2D eigenvalue weighted by molar-refractivity contribution is 6.33. The van der Waals surface area contributed by atoms with Gasteiger partial charge in [-0.25, -0.2) is 4.98 Å². The number of carbonyl (C=O) groups is 1. The zero-order valence-electron chi connectivity index (χ0n) is 10.1. The summed E-state index contributed by atoms with van der Waals surface area (Å²) in [5.74, 6) is -0.354. The molecule has 98 valence electrons. The molecule has 0 fully saturated rings. The Morgan fingerprint density at radius 2 is 2.05 bits per heavy atom. The molecule has 0 radical (unpaired) electrons. The molecular formula is C13H11Cl2N3O. The Kier molecular flexibility index (Phi) is 3.93. The Morgan fingerprint density at radius 3 is 2.68 bits per heavy atom. The molecule has 0 bridgehead atoms. The van der Waals surface area contributed by atoms with E-state index in [4.69, 9.17) is 28.9 Å². The first-order valence-corrected chi connectivity index (χ1v) is 6.22.